The van der Waals surface area contributed by atoms with Crippen LogP contribution in [0.15, 0.2) is 0 Å². The molecule has 0 aromatic rings. The molecule has 1 heterocycles. The van der Waals surface area contributed by atoms with Gasteiger partial charge in [0.1, 0.15) is 0 Å². The van der Waals surface area contributed by atoms with E-state index in [0.29, 0.717) is 18.4 Å². The van der Waals surface area contributed by atoms with Crippen molar-refractivity contribution in [2.24, 2.45) is 23.2 Å². The first-order chi connectivity index (χ1) is 5.73. The van der Waals surface area contributed by atoms with E-state index in [-0.39, 0.29) is 11.4 Å². The minimum Gasteiger partial charge on any atom is -0.465 e. The van der Waals surface area contributed by atoms with Gasteiger partial charge in [0.2, 0.25) is 0 Å². The minimum absolute atomic E-state index is 0.0804. The van der Waals surface area contributed by atoms with Crippen LogP contribution in [0, 0.1) is 23.2 Å². The van der Waals surface area contributed by atoms with E-state index in [1.165, 1.54) is 19.3 Å². The number of ether oxygens (including phenoxy) is 1. The number of carbonyl (C=O) groups excluding carboxylic acids is 1. The van der Waals surface area contributed by atoms with E-state index in [2.05, 4.69) is 6.92 Å². The molecule has 0 radical (unpaired) electrons. The molecule has 2 bridgehead atoms. The van der Waals surface area contributed by atoms with Crippen LogP contribution in [0.25, 0.3) is 0 Å². The first kappa shape index (κ1) is 6.93. The molecule has 0 spiro atoms. The second kappa shape index (κ2) is 1.86. The van der Waals surface area contributed by atoms with E-state index in [1.54, 1.807) is 0 Å². The van der Waals surface area contributed by atoms with E-state index in [4.69, 9.17) is 4.74 Å². The van der Waals surface area contributed by atoms with Gasteiger partial charge in [0, 0.05) is 5.92 Å². The Morgan fingerprint density at radius 3 is 3.08 bits per heavy atom. The largest absolute Gasteiger partial charge is 0.465 e. The summed E-state index contributed by atoms with van der Waals surface area (Å²) in [5.41, 5.74) is -0.0804. The molecule has 3 aliphatic rings. The van der Waals surface area contributed by atoms with Crippen LogP contribution in [0.2, 0.25) is 0 Å². The van der Waals surface area contributed by atoms with Crippen molar-refractivity contribution in [3.63, 3.8) is 0 Å². The highest BCUT2D eigenvalue weighted by molar-refractivity contribution is 5.80. The number of fused-ring (bicyclic) bond motifs is 5. The van der Waals surface area contributed by atoms with Crippen molar-refractivity contribution < 1.29 is 9.53 Å². The molecular weight excluding hydrogens is 152 g/mol. The van der Waals surface area contributed by atoms with Crippen LogP contribution in [-0.4, -0.2) is 12.6 Å². The SMILES string of the molecule is C[C@]12C(=O)OC[C@H]1[C@H]1CC[C@@H]2C1. The summed E-state index contributed by atoms with van der Waals surface area (Å²) in [5, 5.41) is 0. The summed E-state index contributed by atoms with van der Waals surface area (Å²) in [5.74, 6) is 2.08. The fourth-order valence-corrected chi connectivity index (χ4v) is 3.67. The molecule has 4 atom stereocenters. The second-order valence-electron chi connectivity index (χ2n) is 4.76. The van der Waals surface area contributed by atoms with Gasteiger partial charge in [-0.05, 0) is 38.0 Å². The number of esters is 1. The van der Waals surface area contributed by atoms with Gasteiger partial charge >= 0.3 is 5.97 Å². The van der Waals surface area contributed by atoms with Crippen LogP contribution in [-0.2, 0) is 9.53 Å². The minimum atomic E-state index is -0.0804. The Balaban J connectivity index is 2.06. The molecule has 0 aromatic heterocycles. The van der Waals surface area contributed by atoms with Crippen LogP contribution < -0.4 is 0 Å². The summed E-state index contributed by atoms with van der Waals surface area (Å²) in [7, 11) is 0. The molecule has 12 heavy (non-hydrogen) atoms. The third-order valence-electron chi connectivity index (χ3n) is 4.49. The third-order valence-corrected chi connectivity index (χ3v) is 4.49. The topological polar surface area (TPSA) is 26.3 Å². The molecule has 0 aromatic carbocycles. The normalized spacial score (nSPS) is 55.8. The van der Waals surface area contributed by atoms with Gasteiger partial charge in [0.05, 0.1) is 12.0 Å². The maximum absolute atomic E-state index is 11.5. The molecular formula is C10H14O2. The molecule has 3 rings (SSSR count). The maximum atomic E-state index is 11.5. The lowest BCUT2D eigenvalue weighted by atomic mass is 9.69. The van der Waals surface area contributed by atoms with Gasteiger partial charge in [0.15, 0.2) is 0 Å². The Kier molecular flexibility index (Phi) is 1.07. The molecule has 1 aliphatic heterocycles. The van der Waals surface area contributed by atoms with Gasteiger partial charge in [-0.25, -0.2) is 0 Å². The van der Waals surface area contributed by atoms with Crippen LogP contribution >= 0.6 is 0 Å². The van der Waals surface area contributed by atoms with Gasteiger partial charge in [-0.15, -0.1) is 0 Å². The van der Waals surface area contributed by atoms with E-state index in [0.717, 1.165) is 5.92 Å². The zero-order valence-corrected chi connectivity index (χ0v) is 7.38. The van der Waals surface area contributed by atoms with Crippen molar-refractivity contribution in [2.45, 2.75) is 26.2 Å². The van der Waals surface area contributed by atoms with E-state index in [9.17, 15) is 4.79 Å². The van der Waals surface area contributed by atoms with Gasteiger partial charge in [0.25, 0.3) is 0 Å². The second-order valence-corrected chi connectivity index (χ2v) is 4.76. The number of cyclic esters (lactones) is 1. The smallest absolute Gasteiger partial charge is 0.312 e. The van der Waals surface area contributed by atoms with E-state index >= 15 is 0 Å². The first-order valence-electron chi connectivity index (χ1n) is 4.90. The standard InChI is InChI=1S/C10H14O2/c1-10-7-3-2-6(4-7)8(10)5-12-9(10)11/h6-8H,2-5H2,1H3/t6-,7+,8-,10+/m0/s1. The van der Waals surface area contributed by atoms with Gasteiger partial charge in [-0.3, -0.25) is 4.79 Å². The van der Waals surface area contributed by atoms with Crippen molar-refractivity contribution >= 4 is 5.97 Å². The fourth-order valence-electron chi connectivity index (χ4n) is 3.67. The average molecular weight is 166 g/mol. The maximum Gasteiger partial charge on any atom is 0.312 e. The van der Waals surface area contributed by atoms with Crippen molar-refractivity contribution in [3.05, 3.63) is 0 Å². The molecule has 2 heteroatoms. The molecule has 2 aliphatic carbocycles. The third kappa shape index (κ3) is 0.540. The molecule has 0 amide bonds. The summed E-state index contributed by atoms with van der Waals surface area (Å²) in [6, 6.07) is 0. The highest BCUT2D eigenvalue weighted by Crippen LogP contribution is 2.62. The summed E-state index contributed by atoms with van der Waals surface area (Å²) < 4.78 is 5.16. The molecule has 3 fully saturated rings. The molecule has 2 nitrogen and oxygen atoms in total. The Bertz CT molecular complexity index is 248. The summed E-state index contributed by atoms with van der Waals surface area (Å²) in [6.45, 7) is 2.83. The van der Waals surface area contributed by atoms with E-state index in [1.807, 2.05) is 0 Å². The molecule has 2 saturated carbocycles. The lowest BCUT2D eigenvalue weighted by Crippen LogP contribution is -2.35. The lowest BCUT2D eigenvalue weighted by Gasteiger charge is -2.30. The van der Waals surface area contributed by atoms with Gasteiger partial charge in [-0.2, -0.15) is 0 Å². The summed E-state index contributed by atoms with van der Waals surface area (Å²) >= 11 is 0. The zero-order valence-electron chi connectivity index (χ0n) is 7.38. The summed E-state index contributed by atoms with van der Waals surface area (Å²) in [6.07, 6.45) is 3.88. The number of carbonyl (C=O) groups is 1. The van der Waals surface area contributed by atoms with Crippen LogP contribution in [0.1, 0.15) is 26.2 Å². The van der Waals surface area contributed by atoms with Crippen molar-refractivity contribution in [1.82, 2.24) is 0 Å². The number of hydrogen-bond acceptors (Lipinski definition) is 2. The van der Waals surface area contributed by atoms with Crippen molar-refractivity contribution in [2.75, 3.05) is 6.61 Å². The number of rotatable bonds is 0. The molecule has 66 valence electrons. The monoisotopic (exact) mass is 166 g/mol. The van der Waals surface area contributed by atoms with Gasteiger partial charge in [-0.1, -0.05) is 0 Å². The Morgan fingerprint density at radius 1 is 1.50 bits per heavy atom. The predicted molar refractivity (Wildman–Crippen MR) is 43.4 cm³/mol. The van der Waals surface area contributed by atoms with Crippen LogP contribution in [0.5, 0.6) is 0 Å². The summed E-state index contributed by atoms with van der Waals surface area (Å²) in [4.78, 5) is 11.5. The average Bonchev–Trinajstić information content (AvgIpc) is 2.65. The molecule has 0 N–H and O–H groups in total. The molecule has 1 saturated heterocycles. The van der Waals surface area contributed by atoms with Gasteiger partial charge < -0.3 is 4.74 Å². The highest BCUT2D eigenvalue weighted by atomic mass is 16.5. The van der Waals surface area contributed by atoms with Crippen LogP contribution in [0.4, 0.5) is 0 Å². The van der Waals surface area contributed by atoms with E-state index < -0.39 is 0 Å². The number of hydrogen-bond donors (Lipinski definition) is 0. The first-order valence-corrected chi connectivity index (χ1v) is 4.90. The highest BCUT2D eigenvalue weighted by Gasteiger charge is 2.63. The van der Waals surface area contributed by atoms with Crippen molar-refractivity contribution in [1.29, 1.82) is 0 Å². The Labute approximate surface area is 72.3 Å². The fraction of sp³-hybridized carbons (Fsp3) is 0.900. The molecule has 0 unspecified atom stereocenters. The Hall–Kier alpha value is -0.530. The zero-order chi connectivity index (χ0) is 8.34. The quantitative estimate of drug-likeness (QED) is 0.511. The predicted octanol–water partition coefficient (Wildman–Crippen LogP) is 1.60. The Morgan fingerprint density at radius 2 is 2.33 bits per heavy atom. The lowest BCUT2D eigenvalue weighted by molar-refractivity contribution is -0.147. The van der Waals surface area contributed by atoms with Crippen molar-refractivity contribution in [3.8, 4) is 0 Å². The van der Waals surface area contributed by atoms with Crippen LogP contribution in [0.3, 0.4) is 0 Å².